The van der Waals surface area contributed by atoms with Gasteiger partial charge in [-0.1, -0.05) is 12.1 Å². The predicted octanol–water partition coefficient (Wildman–Crippen LogP) is 2.25. The first kappa shape index (κ1) is 13.8. The average molecular weight is 275 g/mol. The summed E-state index contributed by atoms with van der Waals surface area (Å²) in [4.78, 5) is 14.3. The number of aromatic nitrogens is 1. The van der Waals surface area contributed by atoms with Gasteiger partial charge in [0.15, 0.2) is 0 Å². The fourth-order valence-corrected chi connectivity index (χ4v) is 1.55. The lowest BCUT2D eigenvalue weighted by Gasteiger charge is -2.07. The summed E-state index contributed by atoms with van der Waals surface area (Å²) in [6.07, 6.45) is 0. The molecule has 20 heavy (non-hydrogen) atoms. The van der Waals surface area contributed by atoms with Gasteiger partial charge in [0.2, 0.25) is 5.88 Å². The van der Waals surface area contributed by atoms with E-state index in [1.54, 1.807) is 24.3 Å². The van der Waals surface area contributed by atoms with Crippen molar-refractivity contribution in [3.8, 4) is 17.5 Å². The van der Waals surface area contributed by atoms with Gasteiger partial charge in [-0.25, -0.2) is 0 Å². The molecule has 0 radical (unpaired) electrons. The molecule has 0 bridgehead atoms. The van der Waals surface area contributed by atoms with Gasteiger partial charge in [0, 0.05) is 18.7 Å². The van der Waals surface area contributed by atoms with Gasteiger partial charge >= 0.3 is 11.6 Å². The van der Waals surface area contributed by atoms with E-state index in [0.717, 1.165) is 5.56 Å². The van der Waals surface area contributed by atoms with Crippen LogP contribution in [0.1, 0.15) is 5.56 Å². The maximum atomic E-state index is 10.9. The zero-order valence-electron chi connectivity index (χ0n) is 10.8. The smallest absolute Gasteiger partial charge is 0.331 e. The van der Waals surface area contributed by atoms with Crippen LogP contribution in [0.4, 0.5) is 5.69 Å². The topological polar surface area (TPSA) is 101 Å². The van der Waals surface area contributed by atoms with Crippen molar-refractivity contribution in [1.29, 1.82) is 0 Å². The van der Waals surface area contributed by atoms with Crippen molar-refractivity contribution in [2.24, 2.45) is 5.73 Å². The Morgan fingerprint density at radius 1 is 1.25 bits per heavy atom. The van der Waals surface area contributed by atoms with Crippen LogP contribution < -0.4 is 15.2 Å². The van der Waals surface area contributed by atoms with Crippen molar-refractivity contribution in [3.05, 3.63) is 52.1 Å². The van der Waals surface area contributed by atoms with E-state index in [2.05, 4.69) is 4.98 Å². The molecule has 2 rings (SSSR count). The molecule has 2 aromatic rings. The summed E-state index contributed by atoms with van der Waals surface area (Å²) in [5, 5.41) is 10.9. The highest BCUT2D eigenvalue weighted by Crippen LogP contribution is 2.31. The third-order valence-corrected chi connectivity index (χ3v) is 2.59. The number of nitro groups is 1. The van der Waals surface area contributed by atoms with Gasteiger partial charge in [-0.05, 0) is 17.7 Å². The van der Waals surface area contributed by atoms with Crippen LogP contribution in [0.25, 0.3) is 0 Å². The molecule has 1 heterocycles. The Balaban J connectivity index is 2.32. The summed E-state index contributed by atoms with van der Waals surface area (Å²) >= 11 is 0. The van der Waals surface area contributed by atoms with Crippen molar-refractivity contribution in [1.82, 2.24) is 4.98 Å². The molecular formula is C13H13N3O4. The maximum Gasteiger partial charge on any atom is 0.331 e. The van der Waals surface area contributed by atoms with E-state index in [-0.39, 0.29) is 17.4 Å². The van der Waals surface area contributed by atoms with Crippen LogP contribution in [0, 0.1) is 10.1 Å². The molecule has 1 aromatic heterocycles. The largest absolute Gasteiger partial charge is 0.481 e. The molecule has 0 atom stereocenters. The normalized spacial score (nSPS) is 10.1. The Morgan fingerprint density at radius 3 is 2.50 bits per heavy atom. The first-order valence-corrected chi connectivity index (χ1v) is 5.80. The number of methoxy groups -OCH3 is 1. The molecule has 0 saturated carbocycles. The molecule has 0 fully saturated rings. The third-order valence-electron chi connectivity index (χ3n) is 2.59. The monoisotopic (exact) mass is 275 g/mol. The number of hydrogen-bond acceptors (Lipinski definition) is 6. The van der Waals surface area contributed by atoms with Crippen LogP contribution in [-0.2, 0) is 6.54 Å². The van der Waals surface area contributed by atoms with Gasteiger partial charge in [0.1, 0.15) is 5.75 Å². The van der Waals surface area contributed by atoms with Crippen molar-refractivity contribution >= 4 is 5.69 Å². The standard InChI is InChI=1S/C13H13N3O4/c1-19-12-7-6-11(16(17)18)13(15-12)20-10-4-2-9(8-14)3-5-10/h2-7H,8,14H2,1H3. The summed E-state index contributed by atoms with van der Waals surface area (Å²) in [6.45, 7) is 0.415. The molecular weight excluding hydrogens is 262 g/mol. The minimum Gasteiger partial charge on any atom is -0.481 e. The molecule has 0 unspecified atom stereocenters. The lowest BCUT2D eigenvalue weighted by atomic mass is 10.2. The molecule has 0 aliphatic rings. The summed E-state index contributed by atoms with van der Waals surface area (Å²) in [5.41, 5.74) is 6.20. The Labute approximate surface area is 115 Å². The van der Waals surface area contributed by atoms with Crippen LogP contribution in [0.2, 0.25) is 0 Å². The predicted molar refractivity (Wildman–Crippen MR) is 71.9 cm³/mol. The maximum absolute atomic E-state index is 10.9. The van der Waals surface area contributed by atoms with Crippen molar-refractivity contribution < 1.29 is 14.4 Å². The number of benzene rings is 1. The van der Waals surface area contributed by atoms with E-state index in [9.17, 15) is 10.1 Å². The van der Waals surface area contributed by atoms with Gasteiger partial charge in [0.05, 0.1) is 12.0 Å². The fourth-order valence-electron chi connectivity index (χ4n) is 1.55. The van der Waals surface area contributed by atoms with Gasteiger partial charge in [-0.2, -0.15) is 4.98 Å². The van der Waals surface area contributed by atoms with Gasteiger partial charge < -0.3 is 15.2 Å². The SMILES string of the molecule is COc1ccc([N+](=O)[O-])c(Oc2ccc(CN)cc2)n1. The van der Waals surface area contributed by atoms with Gasteiger partial charge in [-0.3, -0.25) is 10.1 Å². The van der Waals surface area contributed by atoms with E-state index in [1.807, 2.05) is 0 Å². The van der Waals surface area contributed by atoms with Gasteiger partial charge in [-0.15, -0.1) is 0 Å². The molecule has 0 spiro atoms. The van der Waals surface area contributed by atoms with Crippen LogP contribution in [0.3, 0.4) is 0 Å². The lowest BCUT2D eigenvalue weighted by molar-refractivity contribution is -0.386. The summed E-state index contributed by atoms with van der Waals surface area (Å²) in [7, 11) is 1.42. The van der Waals surface area contributed by atoms with E-state index >= 15 is 0 Å². The number of rotatable bonds is 5. The van der Waals surface area contributed by atoms with Crippen LogP contribution in [0.15, 0.2) is 36.4 Å². The Hall–Kier alpha value is -2.67. The number of nitrogens with zero attached hydrogens (tertiary/aromatic N) is 2. The number of pyridine rings is 1. The second kappa shape index (κ2) is 5.98. The summed E-state index contributed by atoms with van der Waals surface area (Å²) in [6, 6.07) is 9.60. The van der Waals surface area contributed by atoms with E-state index in [1.165, 1.54) is 19.2 Å². The highest BCUT2D eigenvalue weighted by molar-refractivity contribution is 5.45. The van der Waals surface area contributed by atoms with Crippen LogP contribution >= 0.6 is 0 Å². The first-order chi connectivity index (χ1) is 9.63. The molecule has 1 aromatic carbocycles. The highest BCUT2D eigenvalue weighted by Gasteiger charge is 2.18. The highest BCUT2D eigenvalue weighted by atomic mass is 16.6. The molecule has 0 aliphatic carbocycles. The Morgan fingerprint density at radius 2 is 1.95 bits per heavy atom. The van der Waals surface area contributed by atoms with E-state index < -0.39 is 4.92 Å². The molecule has 0 aliphatic heterocycles. The van der Waals surface area contributed by atoms with Gasteiger partial charge in [0.25, 0.3) is 0 Å². The molecule has 7 nitrogen and oxygen atoms in total. The van der Waals surface area contributed by atoms with E-state index in [4.69, 9.17) is 15.2 Å². The zero-order chi connectivity index (χ0) is 14.5. The van der Waals surface area contributed by atoms with Crippen LogP contribution in [-0.4, -0.2) is 17.0 Å². The quantitative estimate of drug-likeness (QED) is 0.663. The minimum atomic E-state index is -0.559. The lowest BCUT2D eigenvalue weighted by Crippen LogP contribution is -1.99. The Kier molecular flexibility index (Phi) is 4.11. The fraction of sp³-hybridized carbons (Fsp3) is 0.154. The minimum absolute atomic E-state index is 0.116. The van der Waals surface area contributed by atoms with Crippen molar-refractivity contribution in [3.63, 3.8) is 0 Å². The second-order valence-electron chi connectivity index (χ2n) is 3.89. The third kappa shape index (κ3) is 3.01. The molecule has 0 saturated heterocycles. The molecule has 7 heteroatoms. The first-order valence-electron chi connectivity index (χ1n) is 5.80. The molecule has 104 valence electrons. The van der Waals surface area contributed by atoms with E-state index in [0.29, 0.717) is 12.3 Å². The van der Waals surface area contributed by atoms with Crippen molar-refractivity contribution in [2.75, 3.05) is 7.11 Å². The second-order valence-corrected chi connectivity index (χ2v) is 3.89. The molecule has 2 N–H and O–H groups in total. The number of nitrogens with two attached hydrogens (primary N) is 1. The Bertz CT molecular complexity index is 614. The average Bonchev–Trinajstić information content (AvgIpc) is 2.47. The van der Waals surface area contributed by atoms with Crippen molar-refractivity contribution in [2.45, 2.75) is 6.54 Å². The summed E-state index contributed by atoms with van der Waals surface area (Å²) < 4.78 is 10.4. The molecule has 0 amide bonds. The zero-order valence-corrected chi connectivity index (χ0v) is 10.8. The van der Waals surface area contributed by atoms with Crippen LogP contribution in [0.5, 0.6) is 17.5 Å². The summed E-state index contributed by atoms with van der Waals surface area (Å²) in [5.74, 6) is 0.560. The number of ether oxygens (including phenoxy) is 2. The number of hydrogen-bond donors (Lipinski definition) is 1.